The van der Waals surface area contributed by atoms with Crippen LogP contribution in [0.4, 0.5) is 8.78 Å². The molecule has 0 bridgehead atoms. The fraction of sp³-hybridized carbons (Fsp3) is 0.550. The van der Waals surface area contributed by atoms with Gasteiger partial charge in [-0.15, -0.1) is 0 Å². The highest BCUT2D eigenvalue weighted by molar-refractivity contribution is 5.92. The lowest BCUT2D eigenvalue weighted by Crippen LogP contribution is -2.42. The van der Waals surface area contributed by atoms with Gasteiger partial charge in [0.05, 0.1) is 6.61 Å². The van der Waals surface area contributed by atoms with Crippen molar-refractivity contribution in [2.24, 2.45) is 0 Å². The third-order valence-corrected chi connectivity index (χ3v) is 4.43. The quantitative estimate of drug-likeness (QED) is 0.615. The maximum absolute atomic E-state index is 12.7. The third-order valence-electron chi connectivity index (χ3n) is 4.43. The fourth-order valence-corrected chi connectivity index (χ4v) is 3.38. The first-order valence-corrected chi connectivity index (χ1v) is 9.14. The Morgan fingerprint density at radius 3 is 2.54 bits per heavy atom. The van der Waals surface area contributed by atoms with Gasteiger partial charge in [0.25, 0.3) is 0 Å². The Morgan fingerprint density at radius 2 is 1.96 bits per heavy atom. The van der Waals surface area contributed by atoms with Gasteiger partial charge in [-0.3, -0.25) is 4.79 Å². The molecule has 0 aromatic heterocycles. The standard InChI is InChI=1S/C20H27F2NO3/c1-4-25-18-13-15(9-11-17(18)26-20(21)22)10-12-19(24)23(14(2)3)16-7-5-6-8-16/h9-14,16,20H,4-8H2,1-3H3/b12-10+. The van der Waals surface area contributed by atoms with Gasteiger partial charge in [-0.25, -0.2) is 0 Å². The van der Waals surface area contributed by atoms with Gasteiger partial charge in [-0.1, -0.05) is 18.9 Å². The average Bonchev–Trinajstić information content (AvgIpc) is 3.08. The molecular weight excluding hydrogens is 340 g/mol. The summed E-state index contributed by atoms with van der Waals surface area (Å²) in [6.07, 6.45) is 7.64. The molecule has 0 aliphatic heterocycles. The maximum atomic E-state index is 12.7. The van der Waals surface area contributed by atoms with Crippen molar-refractivity contribution >= 4 is 12.0 Å². The van der Waals surface area contributed by atoms with Crippen LogP contribution in [0, 0.1) is 0 Å². The topological polar surface area (TPSA) is 38.8 Å². The molecule has 0 unspecified atom stereocenters. The van der Waals surface area contributed by atoms with Crippen molar-refractivity contribution in [3.8, 4) is 11.5 Å². The molecular formula is C20H27F2NO3. The van der Waals surface area contributed by atoms with Crippen LogP contribution in [0.2, 0.25) is 0 Å². The predicted octanol–water partition coefficient (Wildman–Crippen LogP) is 4.88. The van der Waals surface area contributed by atoms with Crippen LogP contribution in [0.15, 0.2) is 24.3 Å². The number of ether oxygens (including phenoxy) is 2. The Balaban J connectivity index is 2.14. The van der Waals surface area contributed by atoms with E-state index in [-0.39, 0.29) is 23.4 Å². The van der Waals surface area contributed by atoms with Gasteiger partial charge in [0, 0.05) is 18.2 Å². The minimum Gasteiger partial charge on any atom is -0.490 e. The van der Waals surface area contributed by atoms with E-state index >= 15 is 0 Å². The largest absolute Gasteiger partial charge is 0.490 e. The highest BCUT2D eigenvalue weighted by Gasteiger charge is 2.27. The Morgan fingerprint density at radius 1 is 1.27 bits per heavy atom. The number of nitrogens with zero attached hydrogens (tertiary/aromatic N) is 1. The van der Waals surface area contributed by atoms with E-state index in [2.05, 4.69) is 4.74 Å². The van der Waals surface area contributed by atoms with E-state index in [1.54, 1.807) is 25.1 Å². The van der Waals surface area contributed by atoms with Gasteiger partial charge in [-0.05, 0) is 57.4 Å². The normalized spacial score (nSPS) is 15.2. The second kappa shape index (κ2) is 9.55. The molecule has 1 saturated carbocycles. The zero-order valence-electron chi connectivity index (χ0n) is 15.6. The van der Waals surface area contributed by atoms with Gasteiger partial charge in [0.15, 0.2) is 11.5 Å². The van der Waals surface area contributed by atoms with Gasteiger partial charge in [-0.2, -0.15) is 8.78 Å². The molecule has 1 aliphatic carbocycles. The number of carbonyl (C=O) groups excluding carboxylic acids is 1. The molecule has 0 N–H and O–H groups in total. The summed E-state index contributed by atoms with van der Waals surface area (Å²) in [5.74, 6) is 0.191. The van der Waals surface area contributed by atoms with Crippen molar-refractivity contribution in [2.75, 3.05) is 6.61 Å². The smallest absolute Gasteiger partial charge is 0.387 e. The summed E-state index contributed by atoms with van der Waals surface area (Å²) in [5.41, 5.74) is 0.693. The fourth-order valence-electron chi connectivity index (χ4n) is 3.38. The van der Waals surface area contributed by atoms with E-state index in [0.717, 1.165) is 25.7 Å². The molecule has 144 valence electrons. The van der Waals surface area contributed by atoms with Crippen LogP contribution >= 0.6 is 0 Å². The van der Waals surface area contributed by atoms with Crippen molar-refractivity contribution in [3.05, 3.63) is 29.8 Å². The van der Waals surface area contributed by atoms with Crippen molar-refractivity contribution in [1.82, 2.24) is 4.90 Å². The van der Waals surface area contributed by atoms with Gasteiger partial charge in [0.2, 0.25) is 5.91 Å². The number of halogens is 2. The van der Waals surface area contributed by atoms with Crippen LogP contribution in [-0.2, 0) is 4.79 Å². The van der Waals surface area contributed by atoms with E-state index in [1.165, 1.54) is 12.1 Å². The van der Waals surface area contributed by atoms with Crippen LogP contribution in [-0.4, -0.2) is 36.1 Å². The molecule has 1 fully saturated rings. The molecule has 4 nitrogen and oxygen atoms in total. The molecule has 0 saturated heterocycles. The summed E-state index contributed by atoms with van der Waals surface area (Å²) >= 11 is 0. The van der Waals surface area contributed by atoms with Crippen LogP contribution in [0.25, 0.3) is 6.08 Å². The van der Waals surface area contributed by atoms with Gasteiger partial charge in [0.1, 0.15) is 0 Å². The molecule has 2 rings (SSSR count). The summed E-state index contributed by atoms with van der Waals surface area (Å²) in [6.45, 7) is 3.22. The second-order valence-corrected chi connectivity index (χ2v) is 6.63. The number of rotatable bonds is 8. The molecule has 0 radical (unpaired) electrons. The predicted molar refractivity (Wildman–Crippen MR) is 97.5 cm³/mol. The zero-order chi connectivity index (χ0) is 19.1. The number of benzene rings is 1. The average molecular weight is 367 g/mol. The Labute approximate surface area is 153 Å². The van der Waals surface area contributed by atoms with E-state index < -0.39 is 6.61 Å². The Hall–Kier alpha value is -2.11. The molecule has 0 spiro atoms. The number of hydrogen-bond donors (Lipinski definition) is 0. The molecule has 0 atom stereocenters. The first kappa shape index (κ1) is 20.2. The number of alkyl halides is 2. The number of amides is 1. The zero-order valence-corrected chi connectivity index (χ0v) is 15.6. The monoisotopic (exact) mass is 367 g/mol. The lowest BCUT2D eigenvalue weighted by atomic mass is 10.1. The van der Waals surface area contributed by atoms with Crippen molar-refractivity contribution in [2.45, 2.75) is 65.1 Å². The van der Waals surface area contributed by atoms with Crippen LogP contribution < -0.4 is 9.47 Å². The summed E-state index contributed by atoms with van der Waals surface area (Å²) in [4.78, 5) is 14.6. The van der Waals surface area contributed by atoms with Crippen molar-refractivity contribution in [1.29, 1.82) is 0 Å². The molecule has 0 heterocycles. The van der Waals surface area contributed by atoms with Gasteiger partial charge >= 0.3 is 6.61 Å². The molecule has 1 aliphatic rings. The number of hydrogen-bond acceptors (Lipinski definition) is 3. The van der Waals surface area contributed by atoms with E-state index in [9.17, 15) is 13.6 Å². The molecule has 1 aromatic rings. The minimum atomic E-state index is -2.91. The van der Waals surface area contributed by atoms with Crippen LogP contribution in [0.5, 0.6) is 11.5 Å². The van der Waals surface area contributed by atoms with E-state index in [4.69, 9.17) is 4.74 Å². The Kier molecular flexibility index (Phi) is 7.42. The SMILES string of the molecule is CCOc1cc(/C=C/C(=O)N(C(C)C)C2CCCC2)ccc1OC(F)F. The van der Waals surface area contributed by atoms with E-state index in [1.807, 2.05) is 18.7 Å². The van der Waals surface area contributed by atoms with Gasteiger partial charge < -0.3 is 14.4 Å². The first-order valence-electron chi connectivity index (χ1n) is 9.14. The van der Waals surface area contributed by atoms with E-state index in [0.29, 0.717) is 18.2 Å². The Bertz CT molecular complexity index is 625. The summed E-state index contributed by atoms with van der Waals surface area (Å²) < 4.78 is 34.8. The molecule has 1 amide bonds. The van der Waals surface area contributed by atoms with Crippen molar-refractivity contribution < 1.29 is 23.0 Å². The summed E-state index contributed by atoms with van der Waals surface area (Å²) in [6, 6.07) is 5.09. The highest BCUT2D eigenvalue weighted by Crippen LogP contribution is 2.30. The third kappa shape index (κ3) is 5.44. The second-order valence-electron chi connectivity index (χ2n) is 6.63. The maximum Gasteiger partial charge on any atom is 0.387 e. The molecule has 1 aromatic carbocycles. The first-order chi connectivity index (χ1) is 12.4. The molecule has 6 heteroatoms. The number of carbonyl (C=O) groups is 1. The lowest BCUT2D eigenvalue weighted by Gasteiger charge is -2.31. The summed E-state index contributed by atoms with van der Waals surface area (Å²) in [7, 11) is 0. The van der Waals surface area contributed by atoms with Crippen LogP contribution in [0.1, 0.15) is 52.0 Å². The van der Waals surface area contributed by atoms with Crippen LogP contribution in [0.3, 0.4) is 0 Å². The molecule has 26 heavy (non-hydrogen) atoms. The summed E-state index contributed by atoms with van der Waals surface area (Å²) in [5, 5.41) is 0. The lowest BCUT2D eigenvalue weighted by molar-refractivity contribution is -0.130. The van der Waals surface area contributed by atoms with Crippen molar-refractivity contribution in [3.63, 3.8) is 0 Å². The minimum absolute atomic E-state index is 0.0138. The highest BCUT2D eigenvalue weighted by atomic mass is 19.3.